The van der Waals surface area contributed by atoms with Gasteiger partial charge in [0, 0.05) is 14.1 Å². The van der Waals surface area contributed by atoms with Crippen molar-refractivity contribution in [3.63, 3.8) is 0 Å². The fraction of sp³-hybridized carbons (Fsp3) is 0.308. The molecule has 0 saturated carbocycles. The number of amides is 2. The molecule has 0 spiro atoms. The molecule has 1 aromatic carbocycles. The Kier molecular flexibility index (Phi) is 5.52. The molecule has 7 heteroatoms. The summed E-state index contributed by atoms with van der Waals surface area (Å²) in [6, 6.07) is 5.86. The predicted molar refractivity (Wildman–Crippen MR) is 70.1 cm³/mol. The van der Waals surface area contributed by atoms with Crippen molar-refractivity contribution in [2.75, 3.05) is 27.2 Å². The second-order valence-electron chi connectivity index (χ2n) is 4.02. The van der Waals surface area contributed by atoms with Crippen LogP contribution < -0.4 is 5.32 Å². The van der Waals surface area contributed by atoms with E-state index >= 15 is 0 Å². The molecule has 0 aliphatic carbocycles. The van der Waals surface area contributed by atoms with E-state index in [0.717, 1.165) is 4.90 Å². The number of benzene rings is 1. The van der Waals surface area contributed by atoms with Gasteiger partial charge in [0.2, 0.25) is 5.91 Å². The zero-order valence-corrected chi connectivity index (χ0v) is 11.3. The quantitative estimate of drug-likeness (QED) is 0.725. The third-order valence-corrected chi connectivity index (χ3v) is 2.54. The van der Waals surface area contributed by atoms with Crippen LogP contribution >= 0.6 is 0 Å². The Morgan fingerprint density at radius 2 is 1.95 bits per heavy atom. The minimum Gasteiger partial charge on any atom is -0.507 e. The summed E-state index contributed by atoms with van der Waals surface area (Å²) in [6.07, 6.45) is 0. The molecule has 0 aromatic heterocycles. The zero-order chi connectivity index (χ0) is 15.1. The summed E-state index contributed by atoms with van der Waals surface area (Å²) in [5.41, 5.74) is -0.0192. The molecular formula is C13H16N2O5. The molecule has 20 heavy (non-hydrogen) atoms. The van der Waals surface area contributed by atoms with Crippen molar-refractivity contribution in [2.45, 2.75) is 0 Å². The number of hydrogen-bond acceptors (Lipinski definition) is 5. The molecule has 0 saturated heterocycles. The van der Waals surface area contributed by atoms with Crippen LogP contribution in [0, 0.1) is 0 Å². The number of rotatable bonds is 5. The lowest BCUT2D eigenvalue weighted by atomic mass is 10.2. The first-order valence-corrected chi connectivity index (χ1v) is 5.85. The largest absolute Gasteiger partial charge is 0.507 e. The number of phenols is 1. The van der Waals surface area contributed by atoms with Crippen LogP contribution in [0.25, 0.3) is 0 Å². The van der Waals surface area contributed by atoms with Gasteiger partial charge in [0.25, 0.3) is 5.91 Å². The zero-order valence-electron chi connectivity index (χ0n) is 11.3. The Morgan fingerprint density at radius 1 is 1.30 bits per heavy atom. The van der Waals surface area contributed by atoms with Crippen molar-refractivity contribution in [3.05, 3.63) is 29.8 Å². The van der Waals surface area contributed by atoms with Gasteiger partial charge in [-0.15, -0.1) is 0 Å². The number of esters is 1. The van der Waals surface area contributed by atoms with E-state index in [1.54, 1.807) is 12.1 Å². The van der Waals surface area contributed by atoms with Crippen LogP contribution in [-0.2, 0) is 14.3 Å². The standard InChI is InChI=1S/C13H16N2O5/c1-14-11(17)7-15(2)12(18)8-20-13(19)9-5-3-4-6-10(9)16/h3-6,16H,7-8H2,1-2H3,(H,14,17). The van der Waals surface area contributed by atoms with Gasteiger partial charge in [-0.05, 0) is 12.1 Å². The third kappa shape index (κ3) is 4.27. The molecule has 0 atom stereocenters. The van der Waals surface area contributed by atoms with Gasteiger partial charge >= 0.3 is 5.97 Å². The van der Waals surface area contributed by atoms with Crippen LogP contribution in [0.15, 0.2) is 24.3 Å². The summed E-state index contributed by atoms with van der Waals surface area (Å²) in [6.45, 7) is -0.621. The molecule has 0 fully saturated rings. The Labute approximate surface area is 116 Å². The number of carbonyl (C=O) groups is 3. The number of aromatic hydroxyl groups is 1. The van der Waals surface area contributed by atoms with Crippen LogP contribution in [0.2, 0.25) is 0 Å². The van der Waals surface area contributed by atoms with E-state index in [0.29, 0.717) is 0 Å². The Morgan fingerprint density at radius 3 is 2.55 bits per heavy atom. The van der Waals surface area contributed by atoms with Crippen molar-refractivity contribution >= 4 is 17.8 Å². The first-order chi connectivity index (χ1) is 9.45. The number of nitrogens with zero attached hydrogens (tertiary/aromatic N) is 1. The second-order valence-corrected chi connectivity index (χ2v) is 4.02. The average molecular weight is 280 g/mol. The highest BCUT2D eigenvalue weighted by atomic mass is 16.5. The number of phenolic OH excluding ortho intramolecular Hbond substituents is 1. The first-order valence-electron chi connectivity index (χ1n) is 5.85. The highest BCUT2D eigenvalue weighted by Gasteiger charge is 2.16. The van der Waals surface area contributed by atoms with Gasteiger partial charge in [-0.1, -0.05) is 12.1 Å². The number of likely N-dealkylation sites (N-methyl/N-ethyl adjacent to an activating group) is 2. The van der Waals surface area contributed by atoms with Gasteiger partial charge in [0.1, 0.15) is 11.3 Å². The highest BCUT2D eigenvalue weighted by molar-refractivity contribution is 5.94. The molecule has 1 aromatic rings. The molecule has 108 valence electrons. The molecule has 0 aliphatic heterocycles. The fourth-order valence-electron chi connectivity index (χ4n) is 1.34. The lowest BCUT2D eigenvalue weighted by Gasteiger charge is -2.16. The van der Waals surface area contributed by atoms with Gasteiger partial charge in [-0.3, -0.25) is 9.59 Å². The minimum absolute atomic E-state index is 0.0192. The van der Waals surface area contributed by atoms with E-state index in [4.69, 9.17) is 4.74 Å². The molecule has 0 unspecified atom stereocenters. The van der Waals surface area contributed by atoms with Gasteiger partial charge < -0.3 is 20.1 Å². The van der Waals surface area contributed by atoms with Crippen molar-refractivity contribution in [1.82, 2.24) is 10.2 Å². The van der Waals surface area contributed by atoms with Crippen LogP contribution in [-0.4, -0.2) is 55.0 Å². The maximum atomic E-state index is 11.6. The molecule has 0 radical (unpaired) electrons. The SMILES string of the molecule is CNC(=O)CN(C)C(=O)COC(=O)c1ccccc1O. The lowest BCUT2D eigenvalue weighted by molar-refractivity contribution is -0.137. The molecule has 1 rings (SSSR count). The smallest absolute Gasteiger partial charge is 0.342 e. The van der Waals surface area contributed by atoms with Crippen molar-refractivity contribution < 1.29 is 24.2 Å². The molecule has 2 N–H and O–H groups in total. The molecule has 0 bridgehead atoms. The minimum atomic E-state index is -0.801. The number of carbonyl (C=O) groups excluding carboxylic acids is 3. The number of para-hydroxylation sites is 1. The number of ether oxygens (including phenoxy) is 1. The van der Waals surface area contributed by atoms with E-state index in [1.165, 1.54) is 26.2 Å². The van der Waals surface area contributed by atoms with Crippen LogP contribution in [0.4, 0.5) is 0 Å². The maximum absolute atomic E-state index is 11.6. The normalized spacial score (nSPS) is 9.70. The number of hydrogen-bond donors (Lipinski definition) is 2. The Bertz CT molecular complexity index is 515. The molecule has 7 nitrogen and oxygen atoms in total. The highest BCUT2D eigenvalue weighted by Crippen LogP contribution is 2.16. The van der Waals surface area contributed by atoms with E-state index in [-0.39, 0.29) is 23.8 Å². The van der Waals surface area contributed by atoms with Crippen LogP contribution in [0.1, 0.15) is 10.4 Å². The van der Waals surface area contributed by atoms with Gasteiger partial charge in [-0.25, -0.2) is 4.79 Å². The molecule has 0 heterocycles. The summed E-state index contributed by atoms with van der Waals surface area (Å²) in [5, 5.41) is 11.8. The summed E-state index contributed by atoms with van der Waals surface area (Å²) >= 11 is 0. The van der Waals surface area contributed by atoms with Crippen LogP contribution in [0.3, 0.4) is 0 Å². The van der Waals surface area contributed by atoms with E-state index in [2.05, 4.69) is 5.32 Å². The topological polar surface area (TPSA) is 95.9 Å². The van der Waals surface area contributed by atoms with Crippen molar-refractivity contribution in [3.8, 4) is 5.75 Å². The van der Waals surface area contributed by atoms with Crippen molar-refractivity contribution in [2.24, 2.45) is 0 Å². The van der Waals surface area contributed by atoms with Gasteiger partial charge in [0.05, 0.1) is 6.54 Å². The monoisotopic (exact) mass is 280 g/mol. The van der Waals surface area contributed by atoms with E-state index < -0.39 is 18.5 Å². The maximum Gasteiger partial charge on any atom is 0.342 e. The molecule has 0 aliphatic rings. The molecule has 2 amide bonds. The first kappa shape index (κ1) is 15.5. The summed E-state index contributed by atoms with van der Waals surface area (Å²) in [4.78, 5) is 35.5. The van der Waals surface area contributed by atoms with Gasteiger partial charge in [-0.2, -0.15) is 0 Å². The summed E-state index contributed by atoms with van der Waals surface area (Å²) in [7, 11) is 2.88. The number of nitrogens with one attached hydrogen (secondary N) is 1. The summed E-state index contributed by atoms with van der Waals surface area (Å²) < 4.78 is 4.79. The lowest BCUT2D eigenvalue weighted by Crippen LogP contribution is -2.39. The Hall–Kier alpha value is -2.57. The van der Waals surface area contributed by atoms with E-state index in [9.17, 15) is 19.5 Å². The second kappa shape index (κ2) is 7.13. The van der Waals surface area contributed by atoms with Crippen molar-refractivity contribution in [1.29, 1.82) is 0 Å². The predicted octanol–water partition coefficient (Wildman–Crippen LogP) is -0.247. The molecular weight excluding hydrogens is 264 g/mol. The summed E-state index contributed by atoms with van der Waals surface area (Å²) in [5.74, 6) is -1.86. The van der Waals surface area contributed by atoms with Gasteiger partial charge in [0.15, 0.2) is 6.61 Å². The van der Waals surface area contributed by atoms with Crippen LogP contribution in [0.5, 0.6) is 5.75 Å². The fourth-order valence-corrected chi connectivity index (χ4v) is 1.34. The third-order valence-electron chi connectivity index (χ3n) is 2.54. The Balaban J connectivity index is 2.51. The average Bonchev–Trinajstić information content (AvgIpc) is 2.44. The van der Waals surface area contributed by atoms with E-state index in [1.807, 2.05) is 0 Å².